The number of piperidine rings is 1. The highest BCUT2D eigenvalue weighted by Crippen LogP contribution is 2.20. The van der Waals surface area contributed by atoms with Crippen LogP contribution in [0.3, 0.4) is 0 Å². The van der Waals surface area contributed by atoms with Crippen LogP contribution >= 0.6 is 11.8 Å². The predicted molar refractivity (Wildman–Crippen MR) is 95.9 cm³/mol. The zero-order chi connectivity index (χ0) is 16.5. The Morgan fingerprint density at radius 1 is 1.17 bits per heavy atom. The molecule has 0 radical (unpaired) electrons. The molecule has 1 aromatic carbocycles. The van der Waals surface area contributed by atoms with Crippen LogP contribution in [0.4, 0.5) is 0 Å². The lowest BCUT2D eigenvalue weighted by molar-refractivity contribution is -0.129. The van der Waals surface area contributed by atoms with Gasteiger partial charge in [-0.2, -0.15) is 0 Å². The van der Waals surface area contributed by atoms with Gasteiger partial charge in [0.15, 0.2) is 5.78 Å². The third-order valence-corrected chi connectivity index (χ3v) is 5.24. The minimum absolute atomic E-state index is 0.0918. The largest absolute Gasteiger partial charge is 0.342 e. The van der Waals surface area contributed by atoms with E-state index in [9.17, 15) is 9.59 Å². The Labute approximate surface area is 143 Å². The summed E-state index contributed by atoms with van der Waals surface area (Å²) in [5.41, 5.74) is 0.720. The maximum atomic E-state index is 12.2. The average Bonchev–Trinajstić information content (AvgIpc) is 2.61. The van der Waals surface area contributed by atoms with Crippen LogP contribution in [0.25, 0.3) is 0 Å². The van der Waals surface area contributed by atoms with Crippen molar-refractivity contribution in [3.8, 4) is 0 Å². The van der Waals surface area contributed by atoms with E-state index in [2.05, 4.69) is 5.32 Å². The fourth-order valence-electron chi connectivity index (χ4n) is 2.85. The predicted octanol–water partition coefficient (Wildman–Crippen LogP) is 2.45. The summed E-state index contributed by atoms with van der Waals surface area (Å²) in [4.78, 5) is 26.2. The number of ketones is 1. The monoisotopic (exact) mass is 334 g/mol. The summed E-state index contributed by atoms with van der Waals surface area (Å²) in [5.74, 6) is 1.77. The molecule has 1 aliphatic rings. The van der Waals surface area contributed by atoms with E-state index in [0.717, 1.165) is 44.0 Å². The summed E-state index contributed by atoms with van der Waals surface area (Å²) >= 11 is 1.42. The van der Waals surface area contributed by atoms with Gasteiger partial charge in [0.1, 0.15) is 0 Å². The molecule has 0 bridgehead atoms. The lowest BCUT2D eigenvalue weighted by atomic mass is 9.93. The molecule has 1 amide bonds. The Kier molecular flexibility index (Phi) is 7.62. The highest BCUT2D eigenvalue weighted by atomic mass is 32.2. The van der Waals surface area contributed by atoms with Gasteiger partial charge in [-0.25, -0.2) is 0 Å². The Balaban J connectivity index is 1.65. The molecule has 1 N–H and O–H groups in total. The quantitative estimate of drug-likeness (QED) is 0.742. The van der Waals surface area contributed by atoms with Gasteiger partial charge in [-0.05, 0) is 38.8 Å². The SMILES string of the molecule is CNCCC1CCN(C(=O)CSCC(=O)c2ccccc2)CC1. The number of nitrogens with zero attached hydrogens (tertiary/aromatic N) is 1. The van der Waals surface area contributed by atoms with E-state index in [1.165, 1.54) is 18.2 Å². The van der Waals surface area contributed by atoms with Crippen LogP contribution in [0, 0.1) is 5.92 Å². The molecule has 0 spiro atoms. The molecule has 1 fully saturated rings. The van der Waals surface area contributed by atoms with Gasteiger partial charge in [0.2, 0.25) is 5.91 Å². The van der Waals surface area contributed by atoms with Gasteiger partial charge in [-0.15, -0.1) is 11.8 Å². The number of rotatable bonds is 8. The van der Waals surface area contributed by atoms with Crippen molar-refractivity contribution in [2.24, 2.45) is 5.92 Å². The van der Waals surface area contributed by atoms with Crippen molar-refractivity contribution in [3.63, 3.8) is 0 Å². The van der Waals surface area contributed by atoms with Crippen LogP contribution in [0.2, 0.25) is 0 Å². The zero-order valence-electron chi connectivity index (χ0n) is 13.8. The normalized spacial score (nSPS) is 15.6. The molecule has 1 saturated heterocycles. The molecular weight excluding hydrogens is 308 g/mol. The van der Waals surface area contributed by atoms with Crippen molar-refractivity contribution in [3.05, 3.63) is 35.9 Å². The van der Waals surface area contributed by atoms with E-state index in [0.29, 0.717) is 11.5 Å². The number of carbonyl (C=O) groups is 2. The fourth-order valence-corrected chi connectivity index (χ4v) is 3.66. The van der Waals surface area contributed by atoms with Crippen molar-refractivity contribution in [1.82, 2.24) is 10.2 Å². The van der Waals surface area contributed by atoms with E-state index in [-0.39, 0.29) is 11.7 Å². The summed E-state index contributed by atoms with van der Waals surface area (Å²) in [6.07, 6.45) is 3.39. The number of Topliss-reactive ketones (excluding diaryl/α,β-unsaturated/α-hetero) is 1. The third-order valence-electron chi connectivity index (χ3n) is 4.32. The second-order valence-electron chi connectivity index (χ2n) is 6.00. The summed E-state index contributed by atoms with van der Waals surface area (Å²) in [7, 11) is 1.98. The number of amides is 1. The minimum atomic E-state index is 0.0918. The molecule has 4 nitrogen and oxygen atoms in total. The van der Waals surface area contributed by atoms with E-state index >= 15 is 0 Å². The molecule has 0 aromatic heterocycles. The standard InChI is InChI=1S/C18H26N2O2S/c1-19-10-7-15-8-11-20(12-9-15)18(22)14-23-13-17(21)16-5-3-2-4-6-16/h2-6,15,19H,7-14H2,1H3. The summed E-state index contributed by atoms with van der Waals surface area (Å²) in [5, 5.41) is 3.19. The van der Waals surface area contributed by atoms with Crippen LogP contribution in [0.1, 0.15) is 29.6 Å². The highest BCUT2D eigenvalue weighted by molar-refractivity contribution is 8.00. The van der Waals surface area contributed by atoms with Crippen LogP contribution in [-0.4, -0.2) is 54.8 Å². The van der Waals surface area contributed by atoms with Gasteiger partial charge in [0.05, 0.1) is 11.5 Å². The molecule has 0 atom stereocenters. The van der Waals surface area contributed by atoms with Crippen molar-refractivity contribution < 1.29 is 9.59 Å². The first kappa shape index (κ1) is 18.0. The summed E-state index contributed by atoms with van der Waals surface area (Å²) < 4.78 is 0. The Hall–Kier alpha value is -1.33. The van der Waals surface area contributed by atoms with Crippen LogP contribution in [0.5, 0.6) is 0 Å². The molecule has 1 aromatic rings. The van der Waals surface area contributed by atoms with Gasteiger partial charge in [-0.3, -0.25) is 9.59 Å². The fraction of sp³-hybridized carbons (Fsp3) is 0.556. The molecule has 126 valence electrons. The van der Waals surface area contributed by atoms with Gasteiger partial charge >= 0.3 is 0 Å². The molecule has 23 heavy (non-hydrogen) atoms. The van der Waals surface area contributed by atoms with Crippen molar-refractivity contribution in [2.75, 3.05) is 38.2 Å². The number of carbonyl (C=O) groups excluding carboxylic acids is 2. The first-order valence-corrected chi connectivity index (χ1v) is 9.44. The van der Waals surface area contributed by atoms with Gasteiger partial charge in [0, 0.05) is 18.7 Å². The molecule has 2 rings (SSSR count). The molecule has 1 heterocycles. The molecule has 0 saturated carbocycles. The molecule has 0 unspecified atom stereocenters. The zero-order valence-corrected chi connectivity index (χ0v) is 14.6. The van der Waals surface area contributed by atoms with Gasteiger partial charge in [0.25, 0.3) is 0 Å². The van der Waals surface area contributed by atoms with Crippen molar-refractivity contribution in [1.29, 1.82) is 0 Å². The van der Waals surface area contributed by atoms with E-state index in [1.54, 1.807) is 0 Å². The molecule has 0 aliphatic carbocycles. The Morgan fingerprint density at radius 2 is 1.87 bits per heavy atom. The van der Waals surface area contributed by atoms with E-state index in [1.807, 2.05) is 42.3 Å². The van der Waals surface area contributed by atoms with Gasteiger partial charge < -0.3 is 10.2 Å². The highest BCUT2D eigenvalue weighted by Gasteiger charge is 2.22. The van der Waals surface area contributed by atoms with Crippen LogP contribution in [-0.2, 0) is 4.79 Å². The van der Waals surface area contributed by atoms with E-state index in [4.69, 9.17) is 0 Å². The van der Waals surface area contributed by atoms with Gasteiger partial charge in [-0.1, -0.05) is 30.3 Å². The minimum Gasteiger partial charge on any atom is -0.342 e. The number of hydrogen-bond acceptors (Lipinski definition) is 4. The second-order valence-corrected chi connectivity index (χ2v) is 6.98. The second kappa shape index (κ2) is 9.73. The number of nitrogens with one attached hydrogen (secondary N) is 1. The third kappa shape index (κ3) is 5.99. The topological polar surface area (TPSA) is 49.4 Å². The van der Waals surface area contributed by atoms with Crippen molar-refractivity contribution in [2.45, 2.75) is 19.3 Å². The lowest BCUT2D eigenvalue weighted by Crippen LogP contribution is -2.40. The first-order valence-electron chi connectivity index (χ1n) is 8.29. The summed E-state index contributed by atoms with van der Waals surface area (Å²) in [6, 6.07) is 9.26. The van der Waals surface area contributed by atoms with Crippen LogP contribution in [0.15, 0.2) is 30.3 Å². The number of thioether (sulfide) groups is 1. The molecular formula is C18H26N2O2S. The molecule has 1 aliphatic heterocycles. The average molecular weight is 334 g/mol. The Bertz CT molecular complexity index is 499. The number of hydrogen-bond donors (Lipinski definition) is 1. The number of likely N-dealkylation sites (tertiary alicyclic amines) is 1. The van der Waals surface area contributed by atoms with Crippen LogP contribution < -0.4 is 5.32 Å². The smallest absolute Gasteiger partial charge is 0.232 e. The lowest BCUT2D eigenvalue weighted by Gasteiger charge is -2.32. The first-order chi connectivity index (χ1) is 11.2. The van der Waals surface area contributed by atoms with Crippen molar-refractivity contribution >= 4 is 23.5 Å². The van der Waals surface area contributed by atoms with E-state index < -0.39 is 0 Å². The summed E-state index contributed by atoms with van der Waals surface area (Å²) in [6.45, 7) is 2.77. The maximum Gasteiger partial charge on any atom is 0.232 e. The number of benzene rings is 1. The molecule has 5 heteroatoms. The Morgan fingerprint density at radius 3 is 2.52 bits per heavy atom. The maximum absolute atomic E-state index is 12.2.